The molecule has 0 fully saturated rings. The van der Waals surface area contributed by atoms with Crippen molar-refractivity contribution in [2.45, 2.75) is 19.9 Å². The van der Waals surface area contributed by atoms with Crippen LogP contribution in [0.3, 0.4) is 0 Å². The van der Waals surface area contributed by atoms with E-state index in [4.69, 9.17) is 0 Å². The molecule has 0 aromatic carbocycles. The third-order valence-corrected chi connectivity index (χ3v) is 2.48. The molecular formula is C8H17NO2S. The van der Waals surface area contributed by atoms with E-state index in [1.54, 1.807) is 0 Å². The predicted octanol–water partition coefficient (Wildman–Crippen LogP) is 0.585. The van der Waals surface area contributed by atoms with Gasteiger partial charge in [-0.1, -0.05) is 12.2 Å². The van der Waals surface area contributed by atoms with Crippen LogP contribution in [0, 0.1) is 0 Å². The number of hydrogen-bond donors (Lipinski definition) is 1. The summed E-state index contributed by atoms with van der Waals surface area (Å²) in [6.45, 7) is 4.53. The maximum Gasteiger partial charge on any atom is 0.148 e. The van der Waals surface area contributed by atoms with E-state index in [-0.39, 0.29) is 11.8 Å². The first-order chi connectivity index (χ1) is 5.45. The molecule has 1 unspecified atom stereocenters. The van der Waals surface area contributed by atoms with Crippen molar-refractivity contribution in [3.8, 4) is 0 Å². The van der Waals surface area contributed by atoms with Gasteiger partial charge in [-0.3, -0.25) is 0 Å². The number of rotatable bonds is 5. The van der Waals surface area contributed by atoms with Crippen molar-refractivity contribution in [3.05, 3.63) is 12.2 Å². The average molecular weight is 191 g/mol. The van der Waals surface area contributed by atoms with Gasteiger partial charge in [-0.25, -0.2) is 8.42 Å². The summed E-state index contributed by atoms with van der Waals surface area (Å²) in [5.74, 6) is 0.199. The maximum atomic E-state index is 10.8. The van der Waals surface area contributed by atoms with E-state index < -0.39 is 9.84 Å². The summed E-state index contributed by atoms with van der Waals surface area (Å²) in [5.41, 5.74) is 0. The second-order valence-electron chi connectivity index (χ2n) is 2.97. The van der Waals surface area contributed by atoms with Crippen molar-refractivity contribution in [2.75, 3.05) is 18.6 Å². The quantitative estimate of drug-likeness (QED) is 0.647. The molecule has 1 atom stereocenters. The highest BCUT2D eigenvalue weighted by Gasteiger charge is 2.08. The highest BCUT2D eigenvalue weighted by Crippen LogP contribution is 1.89. The highest BCUT2D eigenvalue weighted by molar-refractivity contribution is 7.90. The van der Waals surface area contributed by atoms with E-state index in [1.807, 2.05) is 26.0 Å². The van der Waals surface area contributed by atoms with Crippen molar-refractivity contribution in [3.63, 3.8) is 0 Å². The Balaban J connectivity index is 3.68. The average Bonchev–Trinajstić information content (AvgIpc) is 1.84. The maximum absolute atomic E-state index is 10.8. The fourth-order valence-electron chi connectivity index (χ4n) is 0.900. The Labute approximate surface area is 74.8 Å². The van der Waals surface area contributed by atoms with Gasteiger partial charge in [-0.15, -0.1) is 0 Å². The van der Waals surface area contributed by atoms with Crippen LogP contribution in [-0.2, 0) is 9.84 Å². The largest absolute Gasteiger partial charge is 0.310 e. The van der Waals surface area contributed by atoms with Crippen LogP contribution in [0.5, 0.6) is 0 Å². The topological polar surface area (TPSA) is 46.2 Å². The molecule has 3 nitrogen and oxygen atoms in total. The first-order valence-corrected chi connectivity index (χ1v) is 6.04. The van der Waals surface area contributed by atoms with Crippen LogP contribution in [0.1, 0.15) is 13.8 Å². The lowest BCUT2D eigenvalue weighted by molar-refractivity contribution is 0.576. The Morgan fingerprint density at radius 3 is 2.50 bits per heavy atom. The zero-order valence-corrected chi connectivity index (χ0v) is 8.69. The minimum atomic E-state index is -2.85. The first kappa shape index (κ1) is 11.6. The van der Waals surface area contributed by atoms with Crippen LogP contribution in [0.25, 0.3) is 0 Å². The Hall–Kier alpha value is -0.350. The third kappa shape index (κ3) is 7.75. The van der Waals surface area contributed by atoms with E-state index >= 15 is 0 Å². The van der Waals surface area contributed by atoms with Gasteiger partial charge in [0, 0.05) is 18.8 Å². The smallest absolute Gasteiger partial charge is 0.148 e. The van der Waals surface area contributed by atoms with Crippen molar-refractivity contribution in [1.29, 1.82) is 0 Å². The lowest BCUT2D eigenvalue weighted by atomic mass is 10.4. The molecule has 12 heavy (non-hydrogen) atoms. The Bertz CT molecular complexity index is 231. The zero-order chi connectivity index (χ0) is 9.61. The van der Waals surface area contributed by atoms with Crippen molar-refractivity contribution in [2.24, 2.45) is 0 Å². The van der Waals surface area contributed by atoms with E-state index in [2.05, 4.69) is 5.32 Å². The lowest BCUT2D eigenvalue weighted by Gasteiger charge is -2.09. The van der Waals surface area contributed by atoms with Crippen LogP contribution in [-0.4, -0.2) is 33.0 Å². The summed E-state index contributed by atoms with van der Waals surface area (Å²) in [4.78, 5) is 0. The van der Waals surface area contributed by atoms with Crippen LogP contribution in [0.15, 0.2) is 12.2 Å². The summed E-state index contributed by atoms with van der Waals surface area (Å²) < 4.78 is 21.6. The Morgan fingerprint density at radius 2 is 2.08 bits per heavy atom. The van der Waals surface area contributed by atoms with Crippen LogP contribution < -0.4 is 5.32 Å². The van der Waals surface area contributed by atoms with Gasteiger partial charge >= 0.3 is 0 Å². The van der Waals surface area contributed by atoms with Crippen LogP contribution >= 0.6 is 0 Å². The fraction of sp³-hybridized carbons (Fsp3) is 0.750. The summed E-state index contributed by atoms with van der Waals surface area (Å²) in [7, 11) is -2.85. The minimum Gasteiger partial charge on any atom is -0.310 e. The van der Waals surface area contributed by atoms with Crippen LogP contribution in [0.4, 0.5) is 0 Å². The van der Waals surface area contributed by atoms with Crippen molar-refractivity contribution in [1.82, 2.24) is 5.32 Å². The summed E-state index contributed by atoms with van der Waals surface area (Å²) >= 11 is 0. The highest BCUT2D eigenvalue weighted by atomic mass is 32.2. The summed E-state index contributed by atoms with van der Waals surface area (Å²) in [6.07, 6.45) is 5.14. The molecule has 0 heterocycles. The van der Waals surface area contributed by atoms with E-state index in [0.29, 0.717) is 0 Å². The Kier molecular flexibility index (Phi) is 5.17. The zero-order valence-electron chi connectivity index (χ0n) is 7.87. The summed E-state index contributed by atoms with van der Waals surface area (Å²) in [5, 5.41) is 3.07. The van der Waals surface area contributed by atoms with Crippen molar-refractivity contribution >= 4 is 9.84 Å². The summed E-state index contributed by atoms with van der Waals surface area (Å²) in [6, 6.07) is 0.0243. The molecule has 0 aromatic rings. The molecule has 0 aromatic heterocycles. The van der Waals surface area contributed by atoms with Gasteiger partial charge in [0.25, 0.3) is 0 Å². The molecular weight excluding hydrogens is 174 g/mol. The molecule has 0 bridgehead atoms. The molecule has 0 aliphatic rings. The molecule has 0 amide bonds. The predicted molar refractivity (Wildman–Crippen MR) is 52.0 cm³/mol. The van der Waals surface area contributed by atoms with Gasteiger partial charge in [0.1, 0.15) is 9.84 Å². The monoisotopic (exact) mass is 191 g/mol. The normalized spacial score (nSPS) is 15.2. The molecule has 4 heteroatoms. The van der Waals surface area contributed by atoms with Crippen molar-refractivity contribution < 1.29 is 8.42 Å². The van der Waals surface area contributed by atoms with E-state index in [0.717, 1.165) is 6.54 Å². The van der Waals surface area contributed by atoms with Gasteiger partial charge in [0.15, 0.2) is 0 Å². The molecule has 0 aliphatic carbocycles. The molecule has 0 saturated carbocycles. The van der Waals surface area contributed by atoms with E-state index in [9.17, 15) is 8.42 Å². The SMILES string of the molecule is C/C=C/CNC(C)CS(C)(=O)=O. The third-order valence-electron chi connectivity index (χ3n) is 1.37. The number of sulfone groups is 1. The standard InChI is InChI=1S/C8H17NO2S/c1-4-5-6-9-8(2)7-12(3,10)11/h4-5,8-9H,6-7H2,1-3H3/b5-4+. The Morgan fingerprint density at radius 1 is 1.50 bits per heavy atom. The number of hydrogen-bond acceptors (Lipinski definition) is 3. The van der Waals surface area contributed by atoms with Gasteiger partial charge in [-0.2, -0.15) is 0 Å². The molecule has 0 rings (SSSR count). The van der Waals surface area contributed by atoms with Gasteiger partial charge < -0.3 is 5.32 Å². The molecule has 0 aliphatic heterocycles. The second kappa shape index (κ2) is 5.32. The van der Waals surface area contributed by atoms with Gasteiger partial charge in [0.05, 0.1) is 5.75 Å². The van der Waals surface area contributed by atoms with E-state index in [1.165, 1.54) is 6.26 Å². The van der Waals surface area contributed by atoms with Crippen LogP contribution in [0.2, 0.25) is 0 Å². The van der Waals surface area contributed by atoms with Gasteiger partial charge in [0.2, 0.25) is 0 Å². The van der Waals surface area contributed by atoms with Gasteiger partial charge in [-0.05, 0) is 13.8 Å². The number of allylic oxidation sites excluding steroid dienone is 1. The molecule has 1 N–H and O–H groups in total. The molecule has 0 spiro atoms. The lowest BCUT2D eigenvalue weighted by Crippen LogP contribution is -2.32. The second-order valence-corrected chi connectivity index (χ2v) is 5.16. The fourth-order valence-corrected chi connectivity index (χ4v) is 1.93. The molecule has 72 valence electrons. The molecule has 0 radical (unpaired) electrons. The first-order valence-electron chi connectivity index (χ1n) is 3.98. The minimum absolute atomic E-state index is 0.0243. The molecule has 0 saturated heterocycles. The number of nitrogens with one attached hydrogen (secondary N) is 1.